The average Bonchev–Trinajstić information content (AvgIpc) is 2.97. The first kappa shape index (κ1) is 19.5. The molecule has 0 atom stereocenters. The molecule has 0 radical (unpaired) electrons. The van der Waals surface area contributed by atoms with Gasteiger partial charge in [-0.05, 0) is 58.2 Å². The van der Waals surface area contributed by atoms with Crippen molar-refractivity contribution in [3.8, 4) is 0 Å². The van der Waals surface area contributed by atoms with Crippen LogP contribution >= 0.6 is 0 Å². The Kier molecular flexibility index (Phi) is 8.33. The molecule has 2 rings (SSSR count). The lowest BCUT2D eigenvalue weighted by Crippen LogP contribution is -2.42. The second-order valence-electron chi connectivity index (χ2n) is 7.68. The van der Waals surface area contributed by atoms with Crippen molar-refractivity contribution in [2.45, 2.75) is 52.4 Å². The molecule has 0 aromatic rings. The van der Waals surface area contributed by atoms with E-state index < -0.39 is 0 Å². The number of rotatable bonds is 7. The third-order valence-electron chi connectivity index (χ3n) is 5.86. The van der Waals surface area contributed by atoms with Crippen LogP contribution in [-0.2, 0) is 0 Å². The minimum atomic E-state index is 0.470. The van der Waals surface area contributed by atoms with Gasteiger partial charge in [0.2, 0.25) is 0 Å². The third-order valence-corrected chi connectivity index (χ3v) is 5.86. The number of aliphatic imine (C=N–C) groups is 1. The summed E-state index contributed by atoms with van der Waals surface area (Å²) < 4.78 is 0. The maximum absolute atomic E-state index is 4.92. The van der Waals surface area contributed by atoms with Crippen LogP contribution in [0.5, 0.6) is 0 Å². The molecular weight excluding hydrogens is 298 g/mol. The fourth-order valence-electron chi connectivity index (χ4n) is 3.99. The van der Waals surface area contributed by atoms with Gasteiger partial charge in [0.25, 0.3) is 0 Å². The molecule has 5 nitrogen and oxygen atoms in total. The van der Waals surface area contributed by atoms with E-state index in [4.69, 9.17) is 4.99 Å². The molecule has 1 saturated carbocycles. The number of nitrogens with one attached hydrogen (secondary N) is 2. The Morgan fingerprint density at radius 3 is 2.50 bits per heavy atom. The summed E-state index contributed by atoms with van der Waals surface area (Å²) in [4.78, 5) is 9.93. The molecule has 2 fully saturated rings. The molecule has 0 amide bonds. The Balaban J connectivity index is 1.76. The van der Waals surface area contributed by atoms with Gasteiger partial charge in [-0.15, -0.1) is 0 Å². The minimum absolute atomic E-state index is 0.470. The van der Waals surface area contributed by atoms with Gasteiger partial charge in [0, 0.05) is 39.3 Å². The Morgan fingerprint density at radius 2 is 1.79 bits per heavy atom. The van der Waals surface area contributed by atoms with Crippen LogP contribution in [0.4, 0.5) is 0 Å². The van der Waals surface area contributed by atoms with Gasteiger partial charge in [-0.1, -0.05) is 19.8 Å². The number of nitrogens with zero attached hydrogens (tertiary/aromatic N) is 3. The molecule has 0 spiro atoms. The predicted octanol–water partition coefficient (Wildman–Crippen LogP) is 2.15. The summed E-state index contributed by atoms with van der Waals surface area (Å²) in [6.07, 6.45) is 8.02. The summed E-state index contributed by atoms with van der Waals surface area (Å²) in [6, 6.07) is 0. The second kappa shape index (κ2) is 10.2. The number of likely N-dealkylation sites (N-methyl/N-ethyl adjacent to an activating group) is 1. The zero-order chi connectivity index (χ0) is 17.3. The van der Waals surface area contributed by atoms with Gasteiger partial charge in [-0.25, -0.2) is 0 Å². The minimum Gasteiger partial charge on any atom is -0.357 e. The summed E-state index contributed by atoms with van der Waals surface area (Å²) in [7, 11) is 2.23. The summed E-state index contributed by atoms with van der Waals surface area (Å²) in [6.45, 7) is 13.3. The molecule has 1 aliphatic heterocycles. The maximum Gasteiger partial charge on any atom is 0.191 e. The molecule has 5 heteroatoms. The van der Waals surface area contributed by atoms with Crippen molar-refractivity contribution in [2.75, 3.05) is 59.4 Å². The van der Waals surface area contributed by atoms with Crippen molar-refractivity contribution in [1.82, 2.24) is 20.4 Å². The largest absolute Gasteiger partial charge is 0.357 e. The molecule has 1 aliphatic carbocycles. The fourth-order valence-corrected chi connectivity index (χ4v) is 3.99. The first-order valence-corrected chi connectivity index (χ1v) is 10.1. The monoisotopic (exact) mass is 337 g/mol. The number of hydrogen-bond donors (Lipinski definition) is 2. The molecule has 0 unspecified atom stereocenters. The molecule has 1 heterocycles. The number of guanidine groups is 1. The first-order chi connectivity index (χ1) is 11.7. The van der Waals surface area contributed by atoms with Crippen molar-refractivity contribution in [3.05, 3.63) is 0 Å². The molecule has 2 N–H and O–H groups in total. The standard InChI is InChI=1S/C19H39N5/c1-4-19(9-6-7-10-19)17-22-18(20-5-2)21-11-14-24-13-8-12-23(3)15-16-24/h4-17H2,1-3H3,(H2,20,21,22). The highest BCUT2D eigenvalue weighted by Crippen LogP contribution is 2.41. The Labute approximate surface area is 149 Å². The molecule has 0 aromatic carbocycles. The molecular formula is C19H39N5. The first-order valence-electron chi connectivity index (χ1n) is 10.1. The van der Waals surface area contributed by atoms with E-state index >= 15 is 0 Å². The van der Waals surface area contributed by atoms with E-state index in [0.717, 1.165) is 32.1 Å². The van der Waals surface area contributed by atoms with Crippen LogP contribution in [0.3, 0.4) is 0 Å². The lowest BCUT2D eigenvalue weighted by Gasteiger charge is -2.26. The second-order valence-corrected chi connectivity index (χ2v) is 7.68. The highest BCUT2D eigenvalue weighted by molar-refractivity contribution is 5.79. The molecule has 24 heavy (non-hydrogen) atoms. The van der Waals surface area contributed by atoms with E-state index in [1.54, 1.807) is 0 Å². The average molecular weight is 338 g/mol. The van der Waals surface area contributed by atoms with Crippen molar-refractivity contribution in [2.24, 2.45) is 10.4 Å². The quantitative estimate of drug-likeness (QED) is 0.552. The van der Waals surface area contributed by atoms with E-state index in [0.29, 0.717) is 5.41 Å². The van der Waals surface area contributed by atoms with Gasteiger partial charge in [0.15, 0.2) is 5.96 Å². The van der Waals surface area contributed by atoms with Crippen LogP contribution in [0.1, 0.15) is 52.4 Å². The summed E-state index contributed by atoms with van der Waals surface area (Å²) in [5.41, 5.74) is 0.470. The van der Waals surface area contributed by atoms with Crippen molar-refractivity contribution in [1.29, 1.82) is 0 Å². The van der Waals surface area contributed by atoms with Crippen LogP contribution in [0.2, 0.25) is 0 Å². The van der Waals surface area contributed by atoms with Crippen molar-refractivity contribution < 1.29 is 0 Å². The van der Waals surface area contributed by atoms with Crippen LogP contribution in [0, 0.1) is 5.41 Å². The van der Waals surface area contributed by atoms with Crippen LogP contribution in [0.15, 0.2) is 4.99 Å². The van der Waals surface area contributed by atoms with Gasteiger partial charge in [-0.3, -0.25) is 4.99 Å². The van der Waals surface area contributed by atoms with Gasteiger partial charge >= 0.3 is 0 Å². The van der Waals surface area contributed by atoms with Gasteiger partial charge in [0.05, 0.1) is 0 Å². The van der Waals surface area contributed by atoms with Crippen LogP contribution < -0.4 is 10.6 Å². The highest BCUT2D eigenvalue weighted by Gasteiger charge is 2.31. The third kappa shape index (κ3) is 6.25. The van der Waals surface area contributed by atoms with E-state index in [1.165, 1.54) is 64.7 Å². The maximum atomic E-state index is 4.92. The lowest BCUT2D eigenvalue weighted by atomic mass is 9.84. The van der Waals surface area contributed by atoms with Gasteiger partial charge < -0.3 is 20.4 Å². The molecule has 0 aromatic heterocycles. The topological polar surface area (TPSA) is 42.9 Å². The summed E-state index contributed by atoms with van der Waals surface area (Å²) >= 11 is 0. The van der Waals surface area contributed by atoms with Gasteiger partial charge in [0.1, 0.15) is 0 Å². The van der Waals surface area contributed by atoms with Crippen LogP contribution in [-0.4, -0.2) is 75.2 Å². The van der Waals surface area contributed by atoms with Crippen molar-refractivity contribution in [3.63, 3.8) is 0 Å². The Morgan fingerprint density at radius 1 is 1.00 bits per heavy atom. The fraction of sp³-hybridized carbons (Fsp3) is 0.947. The molecule has 0 bridgehead atoms. The van der Waals surface area contributed by atoms with Gasteiger partial charge in [-0.2, -0.15) is 0 Å². The molecule has 140 valence electrons. The smallest absolute Gasteiger partial charge is 0.191 e. The summed E-state index contributed by atoms with van der Waals surface area (Å²) in [5.74, 6) is 1.00. The lowest BCUT2D eigenvalue weighted by molar-refractivity contribution is 0.279. The number of hydrogen-bond acceptors (Lipinski definition) is 3. The highest BCUT2D eigenvalue weighted by atomic mass is 15.2. The Bertz CT molecular complexity index is 376. The molecule has 2 aliphatic rings. The molecule has 1 saturated heterocycles. The zero-order valence-electron chi connectivity index (χ0n) is 16.2. The Hall–Kier alpha value is -0.810. The zero-order valence-corrected chi connectivity index (χ0v) is 16.2. The van der Waals surface area contributed by atoms with Crippen LogP contribution in [0.25, 0.3) is 0 Å². The normalized spacial score (nSPS) is 23.2. The van der Waals surface area contributed by atoms with E-state index in [2.05, 4.69) is 41.3 Å². The van der Waals surface area contributed by atoms with Crippen molar-refractivity contribution >= 4 is 5.96 Å². The van der Waals surface area contributed by atoms with E-state index in [9.17, 15) is 0 Å². The SMILES string of the molecule is CCNC(=NCC1(CC)CCCC1)NCCN1CCCN(C)CC1. The summed E-state index contributed by atoms with van der Waals surface area (Å²) in [5, 5.41) is 6.97. The van der Waals surface area contributed by atoms with E-state index in [-0.39, 0.29) is 0 Å². The van der Waals surface area contributed by atoms with E-state index in [1.807, 2.05) is 0 Å². The predicted molar refractivity (Wildman–Crippen MR) is 104 cm³/mol.